The molecule has 0 unspecified atom stereocenters. The summed E-state index contributed by atoms with van der Waals surface area (Å²) in [7, 11) is 4.00. The number of hydrogen-bond donors (Lipinski definition) is 2. The summed E-state index contributed by atoms with van der Waals surface area (Å²) in [6, 6.07) is 17.4. The molecule has 0 aliphatic carbocycles. The fourth-order valence-corrected chi connectivity index (χ4v) is 2.83. The lowest BCUT2D eigenvalue weighted by molar-refractivity contribution is 0.102. The Balaban J connectivity index is 1.76. The molecule has 5 nitrogen and oxygen atoms in total. The number of amides is 1. The third-order valence-electron chi connectivity index (χ3n) is 4.40. The zero-order valence-corrected chi connectivity index (χ0v) is 16.1. The average Bonchev–Trinajstić information content (AvgIpc) is 2.65. The van der Waals surface area contributed by atoms with E-state index in [0.29, 0.717) is 11.4 Å². The van der Waals surface area contributed by atoms with E-state index >= 15 is 0 Å². The van der Waals surface area contributed by atoms with Crippen molar-refractivity contribution in [1.82, 2.24) is 4.98 Å². The van der Waals surface area contributed by atoms with E-state index < -0.39 is 0 Å². The van der Waals surface area contributed by atoms with Crippen molar-refractivity contribution < 1.29 is 4.79 Å². The van der Waals surface area contributed by atoms with Crippen molar-refractivity contribution in [2.75, 3.05) is 29.6 Å². The summed E-state index contributed by atoms with van der Waals surface area (Å²) in [4.78, 5) is 19.0. The van der Waals surface area contributed by atoms with E-state index in [4.69, 9.17) is 0 Å². The van der Waals surface area contributed by atoms with Crippen LogP contribution in [0.2, 0.25) is 0 Å². The Morgan fingerprint density at radius 3 is 2.26 bits per heavy atom. The summed E-state index contributed by atoms with van der Waals surface area (Å²) < 4.78 is 0. The maximum atomic E-state index is 12.7. The molecule has 3 aromatic rings. The molecule has 2 N–H and O–H groups in total. The van der Waals surface area contributed by atoms with E-state index in [1.807, 2.05) is 75.3 Å². The monoisotopic (exact) mass is 360 g/mol. The summed E-state index contributed by atoms with van der Waals surface area (Å²) in [5, 5.41) is 6.25. The van der Waals surface area contributed by atoms with Crippen LogP contribution in [0, 0.1) is 13.8 Å². The zero-order chi connectivity index (χ0) is 19.4. The predicted molar refractivity (Wildman–Crippen MR) is 112 cm³/mol. The lowest BCUT2D eigenvalue weighted by Gasteiger charge is -2.14. The number of aryl methyl sites for hydroxylation is 2. The summed E-state index contributed by atoms with van der Waals surface area (Å²) in [6.07, 6.45) is 1.64. The molecular weight excluding hydrogens is 336 g/mol. The number of hydrogen-bond acceptors (Lipinski definition) is 4. The molecule has 0 bridgehead atoms. The van der Waals surface area contributed by atoms with Crippen LogP contribution in [0.15, 0.2) is 60.8 Å². The Morgan fingerprint density at radius 2 is 1.63 bits per heavy atom. The summed E-state index contributed by atoms with van der Waals surface area (Å²) in [6.45, 7) is 3.97. The van der Waals surface area contributed by atoms with Crippen molar-refractivity contribution in [1.29, 1.82) is 0 Å². The molecule has 0 saturated heterocycles. The van der Waals surface area contributed by atoms with Gasteiger partial charge in [0.2, 0.25) is 0 Å². The van der Waals surface area contributed by atoms with Gasteiger partial charge in [0.25, 0.3) is 5.91 Å². The van der Waals surface area contributed by atoms with Gasteiger partial charge in [0.05, 0.1) is 0 Å². The Kier molecular flexibility index (Phi) is 5.41. The Hall–Kier alpha value is -3.34. The smallest absolute Gasteiger partial charge is 0.255 e. The first-order valence-corrected chi connectivity index (χ1v) is 8.82. The highest BCUT2D eigenvalue weighted by Crippen LogP contribution is 2.22. The zero-order valence-electron chi connectivity index (χ0n) is 16.1. The number of benzene rings is 2. The molecule has 2 aromatic carbocycles. The number of rotatable bonds is 5. The third-order valence-corrected chi connectivity index (χ3v) is 4.40. The minimum absolute atomic E-state index is 0.152. The van der Waals surface area contributed by atoms with Gasteiger partial charge >= 0.3 is 0 Å². The summed E-state index contributed by atoms with van der Waals surface area (Å²) in [5.74, 6) is 0.475. The van der Waals surface area contributed by atoms with Gasteiger partial charge in [-0.1, -0.05) is 18.2 Å². The van der Waals surface area contributed by atoms with Gasteiger partial charge < -0.3 is 15.5 Å². The van der Waals surface area contributed by atoms with Crippen LogP contribution in [0.3, 0.4) is 0 Å². The van der Waals surface area contributed by atoms with Crippen molar-refractivity contribution in [2.45, 2.75) is 13.8 Å². The molecule has 0 spiro atoms. The highest BCUT2D eigenvalue weighted by molar-refractivity contribution is 6.05. The van der Waals surface area contributed by atoms with Crippen LogP contribution in [-0.4, -0.2) is 25.0 Å². The first-order chi connectivity index (χ1) is 12.9. The van der Waals surface area contributed by atoms with Crippen molar-refractivity contribution in [3.8, 4) is 0 Å². The van der Waals surface area contributed by atoms with Crippen molar-refractivity contribution >= 4 is 28.8 Å². The van der Waals surface area contributed by atoms with Crippen molar-refractivity contribution in [2.24, 2.45) is 0 Å². The fourth-order valence-electron chi connectivity index (χ4n) is 2.83. The number of aromatic nitrogens is 1. The van der Waals surface area contributed by atoms with E-state index in [2.05, 4.69) is 15.6 Å². The van der Waals surface area contributed by atoms with Crippen LogP contribution in [0.1, 0.15) is 21.5 Å². The molecule has 0 atom stereocenters. The molecule has 138 valence electrons. The van der Waals surface area contributed by atoms with Gasteiger partial charge in [0.1, 0.15) is 5.82 Å². The highest BCUT2D eigenvalue weighted by atomic mass is 16.1. The first kappa shape index (κ1) is 18.5. The Bertz CT molecular complexity index is 929. The topological polar surface area (TPSA) is 57.3 Å². The third kappa shape index (κ3) is 4.44. The van der Waals surface area contributed by atoms with Gasteiger partial charge in [-0.05, 0) is 61.4 Å². The number of carbonyl (C=O) groups excluding carboxylic acids is 1. The van der Waals surface area contributed by atoms with Crippen LogP contribution in [0.4, 0.5) is 22.9 Å². The number of carbonyl (C=O) groups is 1. The van der Waals surface area contributed by atoms with Crippen LogP contribution in [-0.2, 0) is 0 Å². The fraction of sp³-hybridized carbons (Fsp3) is 0.182. The van der Waals surface area contributed by atoms with Gasteiger partial charge in [-0.15, -0.1) is 0 Å². The molecule has 0 fully saturated rings. The molecular formula is C22H24N4O. The van der Waals surface area contributed by atoms with Gasteiger partial charge in [-0.3, -0.25) is 4.79 Å². The van der Waals surface area contributed by atoms with Gasteiger partial charge in [-0.2, -0.15) is 0 Å². The van der Waals surface area contributed by atoms with Crippen LogP contribution in [0.25, 0.3) is 0 Å². The second-order valence-corrected chi connectivity index (χ2v) is 6.72. The number of para-hydroxylation sites is 1. The molecule has 0 saturated carbocycles. The number of anilines is 4. The molecule has 0 aliphatic heterocycles. The second kappa shape index (κ2) is 7.91. The van der Waals surface area contributed by atoms with E-state index in [1.54, 1.807) is 18.3 Å². The van der Waals surface area contributed by atoms with Gasteiger partial charge in [0, 0.05) is 42.9 Å². The quantitative estimate of drug-likeness (QED) is 0.689. The normalized spacial score (nSPS) is 10.4. The van der Waals surface area contributed by atoms with Crippen LogP contribution < -0.4 is 15.5 Å². The molecule has 27 heavy (non-hydrogen) atoms. The van der Waals surface area contributed by atoms with Gasteiger partial charge in [-0.25, -0.2) is 4.98 Å². The maximum absolute atomic E-state index is 12.7. The van der Waals surface area contributed by atoms with Crippen LogP contribution in [0.5, 0.6) is 0 Å². The van der Waals surface area contributed by atoms with Crippen molar-refractivity contribution in [3.63, 3.8) is 0 Å². The number of pyridine rings is 1. The molecule has 5 heteroatoms. The minimum Gasteiger partial charge on any atom is -0.378 e. The van der Waals surface area contributed by atoms with Crippen LogP contribution >= 0.6 is 0 Å². The standard InChI is InChI=1S/C22H24N4O/c1-15-6-5-7-16(2)21(15)25-22(27)17-12-13-23-20(14-17)24-18-8-10-19(11-9-18)26(3)4/h5-14H,1-4H3,(H,23,24)(H,25,27). The second-order valence-electron chi connectivity index (χ2n) is 6.72. The summed E-state index contributed by atoms with van der Waals surface area (Å²) >= 11 is 0. The highest BCUT2D eigenvalue weighted by Gasteiger charge is 2.11. The molecule has 0 radical (unpaired) electrons. The molecule has 0 aliphatic rings. The lowest BCUT2D eigenvalue weighted by atomic mass is 10.1. The van der Waals surface area contributed by atoms with E-state index in [1.165, 1.54) is 0 Å². The molecule has 1 heterocycles. The summed E-state index contributed by atoms with van der Waals surface area (Å²) in [5.41, 5.74) is 5.53. The Morgan fingerprint density at radius 1 is 0.963 bits per heavy atom. The van der Waals surface area contributed by atoms with E-state index in [0.717, 1.165) is 28.2 Å². The number of nitrogens with zero attached hydrogens (tertiary/aromatic N) is 2. The predicted octanol–water partition coefficient (Wildman–Crippen LogP) is 4.76. The molecule has 1 aromatic heterocycles. The van der Waals surface area contributed by atoms with E-state index in [9.17, 15) is 4.79 Å². The van der Waals surface area contributed by atoms with E-state index in [-0.39, 0.29) is 5.91 Å². The maximum Gasteiger partial charge on any atom is 0.255 e. The van der Waals surface area contributed by atoms with Gasteiger partial charge in [0.15, 0.2) is 0 Å². The molecule has 1 amide bonds. The first-order valence-electron chi connectivity index (χ1n) is 8.82. The average molecular weight is 360 g/mol. The molecule has 3 rings (SSSR count). The largest absolute Gasteiger partial charge is 0.378 e. The Labute approximate surface area is 160 Å². The SMILES string of the molecule is Cc1cccc(C)c1NC(=O)c1ccnc(Nc2ccc(N(C)C)cc2)c1. The lowest BCUT2D eigenvalue weighted by Crippen LogP contribution is -2.14. The van der Waals surface area contributed by atoms with Crippen molar-refractivity contribution in [3.05, 3.63) is 77.5 Å². The number of nitrogens with one attached hydrogen (secondary N) is 2. The minimum atomic E-state index is -0.152.